The van der Waals surface area contributed by atoms with Gasteiger partial charge in [-0.3, -0.25) is 4.79 Å². The van der Waals surface area contributed by atoms with Crippen LogP contribution in [-0.2, 0) is 11.3 Å². The maximum Gasteiger partial charge on any atom is 0.312 e. The van der Waals surface area contributed by atoms with Crippen LogP contribution in [0.25, 0.3) is 0 Å². The highest BCUT2D eigenvalue weighted by molar-refractivity contribution is 7.07. The van der Waals surface area contributed by atoms with Gasteiger partial charge in [0.15, 0.2) is 4.80 Å². The highest BCUT2D eigenvalue weighted by atomic mass is 35.5. The number of nitrogens with zero attached hydrogens (tertiary/aromatic N) is 2. The molecule has 0 atom stereocenters. The first-order valence-electron chi connectivity index (χ1n) is 6.04. The predicted molar refractivity (Wildman–Crippen MR) is 81.0 cm³/mol. The summed E-state index contributed by atoms with van der Waals surface area (Å²) in [5.41, 5.74) is 5.83. The third-order valence-corrected chi connectivity index (χ3v) is 3.76. The summed E-state index contributed by atoms with van der Waals surface area (Å²) in [5.74, 6) is -0.468. The number of carbonyl (C=O) groups excluding carboxylic acids is 2. The molecule has 2 aromatic rings. The van der Waals surface area contributed by atoms with E-state index in [1.807, 2.05) is 40.4 Å². The Labute approximate surface area is 129 Å². The topological polar surface area (TPSA) is 89.5 Å². The van der Waals surface area contributed by atoms with Crippen molar-refractivity contribution in [3.05, 3.63) is 51.2 Å². The average molecular weight is 325 g/mol. The molecule has 1 aromatic carbocycles. The van der Waals surface area contributed by atoms with Crippen LogP contribution in [0.3, 0.4) is 0 Å². The SMILES string of the molecule is NC(=O)NCC(=O)N=c1sccn1Cc1ccccc1Cl. The van der Waals surface area contributed by atoms with Crippen LogP contribution in [0, 0.1) is 0 Å². The van der Waals surface area contributed by atoms with Gasteiger partial charge in [0.1, 0.15) is 6.54 Å². The molecule has 3 N–H and O–H groups in total. The van der Waals surface area contributed by atoms with E-state index in [1.165, 1.54) is 11.3 Å². The highest BCUT2D eigenvalue weighted by Gasteiger charge is 2.04. The molecule has 21 heavy (non-hydrogen) atoms. The Bertz CT molecular complexity index is 723. The van der Waals surface area contributed by atoms with Crippen molar-refractivity contribution < 1.29 is 9.59 Å². The monoisotopic (exact) mass is 324 g/mol. The third kappa shape index (κ3) is 4.44. The molecule has 0 radical (unpaired) electrons. The van der Waals surface area contributed by atoms with Gasteiger partial charge in [0, 0.05) is 16.6 Å². The fraction of sp³-hybridized carbons (Fsp3) is 0.154. The van der Waals surface area contributed by atoms with Gasteiger partial charge in [-0.1, -0.05) is 29.8 Å². The summed E-state index contributed by atoms with van der Waals surface area (Å²) in [7, 11) is 0. The van der Waals surface area contributed by atoms with E-state index >= 15 is 0 Å². The van der Waals surface area contributed by atoms with Crippen LogP contribution in [0.4, 0.5) is 4.79 Å². The van der Waals surface area contributed by atoms with Gasteiger partial charge in [-0.15, -0.1) is 11.3 Å². The Hall–Kier alpha value is -2.12. The quantitative estimate of drug-likeness (QED) is 0.889. The number of urea groups is 1. The fourth-order valence-corrected chi connectivity index (χ4v) is 2.57. The van der Waals surface area contributed by atoms with E-state index in [9.17, 15) is 9.59 Å². The van der Waals surface area contributed by atoms with Crippen molar-refractivity contribution in [2.24, 2.45) is 10.7 Å². The van der Waals surface area contributed by atoms with E-state index in [1.54, 1.807) is 0 Å². The van der Waals surface area contributed by atoms with E-state index in [0.29, 0.717) is 16.4 Å². The second-order valence-electron chi connectivity index (χ2n) is 4.13. The van der Waals surface area contributed by atoms with E-state index in [-0.39, 0.29) is 6.54 Å². The van der Waals surface area contributed by atoms with Crippen molar-refractivity contribution in [1.82, 2.24) is 9.88 Å². The molecule has 6 nitrogen and oxygen atoms in total. The summed E-state index contributed by atoms with van der Waals surface area (Å²) in [6.45, 7) is 0.290. The van der Waals surface area contributed by atoms with Gasteiger partial charge in [0.2, 0.25) is 0 Å². The number of hydrogen-bond acceptors (Lipinski definition) is 3. The average Bonchev–Trinajstić information content (AvgIpc) is 2.86. The summed E-state index contributed by atoms with van der Waals surface area (Å²) >= 11 is 7.44. The molecule has 0 unspecified atom stereocenters. The van der Waals surface area contributed by atoms with E-state index in [2.05, 4.69) is 10.3 Å². The minimum absolute atomic E-state index is 0.223. The first kappa shape index (κ1) is 15.3. The second-order valence-corrected chi connectivity index (χ2v) is 5.41. The molecular formula is C13H13ClN4O2S. The molecule has 0 fully saturated rings. The van der Waals surface area contributed by atoms with E-state index in [4.69, 9.17) is 17.3 Å². The van der Waals surface area contributed by atoms with Crippen LogP contribution in [0.15, 0.2) is 40.8 Å². The molecular weight excluding hydrogens is 312 g/mol. The molecule has 2 rings (SSSR count). The molecule has 0 aliphatic rings. The van der Waals surface area contributed by atoms with Gasteiger partial charge >= 0.3 is 6.03 Å². The first-order chi connectivity index (χ1) is 10.1. The van der Waals surface area contributed by atoms with Crippen LogP contribution >= 0.6 is 22.9 Å². The Balaban J connectivity index is 2.17. The molecule has 110 valence electrons. The smallest absolute Gasteiger partial charge is 0.312 e. The number of benzene rings is 1. The van der Waals surface area contributed by atoms with Crippen molar-refractivity contribution in [3.63, 3.8) is 0 Å². The number of nitrogens with one attached hydrogen (secondary N) is 1. The van der Waals surface area contributed by atoms with Gasteiger partial charge in [0.05, 0.1) is 6.54 Å². The lowest BCUT2D eigenvalue weighted by Crippen LogP contribution is -2.34. The fourth-order valence-electron chi connectivity index (χ4n) is 1.63. The number of carbonyl (C=O) groups is 2. The number of thiazole rings is 1. The van der Waals surface area contributed by atoms with Gasteiger partial charge in [-0.25, -0.2) is 4.79 Å². The largest absolute Gasteiger partial charge is 0.352 e. The summed E-state index contributed by atoms with van der Waals surface area (Å²) < 4.78 is 1.81. The normalized spacial score (nSPS) is 11.4. The zero-order chi connectivity index (χ0) is 15.2. The van der Waals surface area contributed by atoms with E-state index < -0.39 is 11.9 Å². The first-order valence-corrected chi connectivity index (χ1v) is 7.30. The van der Waals surface area contributed by atoms with Crippen LogP contribution < -0.4 is 15.9 Å². The van der Waals surface area contributed by atoms with Gasteiger partial charge in [-0.2, -0.15) is 4.99 Å². The van der Waals surface area contributed by atoms with Crippen molar-refractivity contribution in [1.29, 1.82) is 0 Å². The summed E-state index contributed by atoms with van der Waals surface area (Å²) in [4.78, 5) is 26.6. The lowest BCUT2D eigenvalue weighted by molar-refractivity contribution is -0.117. The molecule has 0 bridgehead atoms. The van der Waals surface area contributed by atoms with Crippen molar-refractivity contribution in [2.75, 3.05) is 6.54 Å². The Morgan fingerprint density at radius 1 is 1.38 bits per heavy atom. The minimum atomic E-state index is -0.756. The molecule has 1 aromatic heterocycles. The molecule has 0 aliphatic heterocycles. The number of primary amides is 1. The zero-order valence-electron chi connectivity index (χ0n) is 11.0. The number of rotatable bonds is 4. The zero-order valence-corrected chi connectivity index (χ0v) is 12.5. The summed E-state index contributed by atoms with van der Waals surface area (Å²) in [5, 5.41) is 4.69. The van der Waals surface area contributed by atoms with Crippen molar-refractivity contribution >= 4 is 34.9 Å². The Morgan fingerprint density at radius 2 is 2.14 bits per heavy atom. The lowest BCUT2D eigenvalue weighted by atomic mass is 10.2. The predicted octanol–water partition coefficient (Wildman–Crippen LogP) is 1.35. The maximum atomic E-state index is 11.6. The number of nitrogens with two attached hydrogens (primary N) is 1. The van der Waals surface area contributed by atoms with Crippen LogP contribution in [-0.4, -0.2) is 23.1 Å². The number of hydrogen-bond donors (Lipinski definition) is 2. The molecule has 0 saturated carbocycles. The van der Waals surface area contributed by atoms with Crippen molar-refractivity contribution in [3.8, 4) is 0 Å². The Morgan fingerprint density at radius 3 is 2.86 bits per heavy atom. The second kappa shape index (κ2) is 7.05. The van der Waals surface area contributed by atoms with E-state index in [0.717, 1.165) is 5.56 Å². The molecule has 3 amide bonds. The maximum absolute atomic E-state index is 11.6. The van der Waals surface area contributed by atoms with Gasteiger partial charge < -0.3 is 15.6 Å². The number of amides is 3. The summed E-state index contributed by atoms with van der Waals surface area (Å²) in [6.07, 6.45) is 1.82. The molecule has 0 aliphatic carbocycles. The van der Waals surface area contributed by atoms with Gasteiger partial charge in [0.25, 0.3) is 5.91 Å². The molecule has 0 spiro atoms. The molecule has 0 saturated heterocycles. The van der Waals surface area contributed by atoms with Crippen LogP contribution in [0.1, 0.15) is 5.56 Å². The lowest BCUT2D eigenvalue weighted by Gasteiger charge is -2.05. The Kier molecular flexibility index (Phi) is 5.13. The number of aromatic nitrogens is 1. The standard InChI is InChI=1S/C13H13ClN4O2S/c14-10-4-2-1-3-9(10)8-18-5-6-21-13(18)17-11(19)7-16-12(15)20/h1-6H,7-8H2,(H3,15,16,20). The summed E-state index contributed by atoms with van der Waals surface area (Å²) in [6, 6.07) is 6.71. The third-order valence-electron chi connectivity index (χ3n) is 2.59. The van der Waals surface area contributed by atoms with Crippen LogP contribution in [0.5, 0.6) is 0 Å². The number of halogens is 1. The highest BCUT2D eigenvalue weighted by Crippen LogP contribution is 2.15. The molecule has 1 heterocycles. The molecule has 8 heteroatoms. The van der Waals surface area contributed by atoms with Crippen LogP contribution in [0.2, 0.25) is 5.02 Å². The van der Waals surface area contributed by atoms with Gasteiger partial charge in [-0.05, 0) is 11.6 Å². The van der Waals surface area contributed by atoms with Crippen molar-refractivity contribution in [2.45, 2.75) is 6.54 Å². The minimum Gasteiger partial charge on any atom is -0.352 e.